The maximum Gasteiger partial charge on any atom is 0.328 e. The van der Waals surface area contributed by atoms with E-state index in [1.165, 1.54) is 12.1 Å². The lowest BCUT2D eigenvalue weighted by Crippen LogP contribution is -2.99. The molecule has 0 radical (unpaired) electrons. The van der Waals surface area contributed by atoms with Crippen molar-refractivity contribution in [2.45, 2.75) is 0 Å². The van der Waals surface area contributed by atoms with Crippen molar-refractivity contribution < 1.29 is 19.6 Å². The van der Waals surface area contributed by atoms with Gasteiger partial charge in [-0.2, -0.15) is 5.23 Å². The number of carbonyl (C=O) groups excluding carboxylic acids is 1. The van der Waals surface area contributed by atoms with E-state index in [0.717, 1.165) is 0 Å². The SMILES string of the molecule is C=C(C(N)=O)c1ccc([NH+]([O-])O)o1. The summed E-state index contributed by atoms with van der Waals surface area (Å²) < 4.78 is 4.77. The van der Waals surface area contributed by atoms with Gasteiger partial charge in [0.2, 0.25) is 0 Å². The maximum absolute atomic E-state index is 10.6. The zero-order chi connectivity index (χ0) is 10.0. The summed E-state index contributed by atoms with van der Waals surface area (Å²) in [7, 11) is 0. The molecule has 0 spiro atoms. The van der Waals surface area contributed by atoms with Crippen molar-refractivity contribution in [3.05, 3.63) is 29.7 Å². The molecule has 6 heteroatoms. The summed E-state index contributed by atoms with van der Waals surface area (Å²) in [6.45, 7) is 3.34. The van der Waals surface area contributed by atoms with Crippen molar-refractivity contribution in [3.63, 3.8) is 0 Å². The van der Waals surface area contributed by atoms with Crippen LogP contribution >= 0.6 is 0 Å². The van der Waals surface area contributed by atoms with Crippen molar-refractivity contribution in [2.75, 3.05) is 0 Å². The molecule has 0 aromatic carbocycles. The van der Waals surface area contributed by atoms with Gasteiger partial charge in [-0.3, -0.25) is 4.79 Å². The fourth-order valence-electron chi connectivity index (χ4n) is 0.736. The van der Waals surface area contributed by atoms with Gasteiger partial charge in [-0.15, -0.1) is 0 Å². The van der Waals surface area contributed by atoms with Gasteiger partial charge in [0.1, 0.15) is 5.76 Å². The molecule has 0 aliphatic carbocycles. The first-order valence-electron chi connectivity index (χ1n) is 3.34. The normalized spacial score (nSPS) is 12.5. The smallest absolute Gasteiger partial charge is 0.328 e. The van der Waals surface area contributed by atoms with Crippen LogP contribution in [-0.2, 0) is 4.79 Å². The van der Waals surface area contributed by atoms with Crippen LogP contribution in [0, 0.1) is 5.21 Å². The van der Waals surface area contributed by atoms with Crippen LogP contribution < -0.4 is 11.0 Å². The Bertz CT molecular complexity index is 342. The molecule has 0 saturated heterocycles. The van der Waals surface area contributed by atoms with Crippen molar-refractivity contribution in [1.82, 2.24) is 0 Å². The third-order valence-corrected chi connectivity index (χ3v) is 1.41. The number of nitrogens with two attached hydrogens (primary N) is 1. The minimum absolute atomic E-state index is 0.0486. The molecule has 4 N–H and O–H groups in total. The lowest BCUT2D eigenvalue weighted by molar-refractivity contribution is -0.997. The van der Waals surface area contributed by atoms with Gasteiger partial charge in [0.05, 0.1) is 5.57 Å². The van der Waals surface area contributed by atoms with Gasteiger partial charge < -0.3 is 15.4 Å². The zero-order valence-electron chi connectivity index (χ0n) is 6.61. The predicted molar refractivity (Wildman–Crippen MR) is 42.7 cm³/mol. The van der Waals surface area contributed by atoms with Gasteiger partial charge in [-0.05, 0) is 6.07 Å². The standard InChI is InChI=1S/C7H8N2O4/c1-4(7(8)10)5-2-3-6(13-5)9(11)12/h2-3,9,11H,1H2,(H2,8,10). The Labute approximate surface area is 73.4 Å². The van der Waals surface area contributed by atoms with E-state index in [-0.39, 0.29) is 17.2 Å². The van der Waals surface area contributed by atoms with Crippen LogP contribution in [0.5, 0.6) is 0 Å². The van der Waals surface area contributed by atoms with Crippen LogP contribution in [0.1, 0.15) is 5.76 Å². The molecule has 1 aromatic rings. The summed E-state index contributed by atoms with van der Waals surface area (Å²) in [6.07, 6.45) is 0. The molecule has 0 aliphatic heterocycles. The number of nitrogens with one attached hydrogen (secondary N) is 1. The Balaban J connectivity index is 2.92. The number of rotatable bonds is 3. The summed E-state index contributed by atoms with van der Waals surface area (Å²) in [6, 6.07) is 2.56. The van der Waals surface area contributed by atoms with E-state index in [0.29, 0.717) is 0 Å². The third kappa shape index (κ3) is 1.94. The second-order valence-corrected chi connectivity index (χ2v) is 2.31. The lowest BCUT2D eigenvalue weighted by atomic mass is 10.2. The number of hydrogen-bond acceptors (Lipinski definition) is 4. The second kappa shape index (κ2) is 3.40. The quantitative estimate of drug-likeness (QED) is 0.421. The molecule has 0 fully saturated rings. The Hall–Kier alpha value is -1.63. The number of primary amides is 1. The fourth-order valence-corrected chi connectivity index (χ4v) is 0.736. The highest BCUT2D eigenvalue weighted by Gasteiger charge is 2.12. The Morgan fingerprint density at radius 1 is 1.69 bits per heavy atom. The molecular formula is C7H8N2O4. The molecule has 13 heavy (non-hydrogen) atoms. The summed E-state index contributed by atoms with van der Waals surface area (Å²) >= 11 is 0. The van der Waals surface area contributed by atoms with E-state index in [1.54, 1.807) is 0 Å². The van der Waals surface area contributed by atoms with E-state index in [4.69, 9.17) is 15.4 Å². The van der Waals surface area contributed by atoms with Crippen LogP contribution in [0.25, 0.3) is 5.57 Å². The molecule has 1 aromatic heterocycles. The Morgan fingerprint density at radius 3 is 2.69 bits per heavy atom. The largest absolute Gasteiger partial charge is 0.592 e. The van der Waals surface area contributed by atoms with Crippen LogP contribution in [0.3, 0.4) is 0 Å². The average Bonchev–Trinajstić information content (AvgIpc) is 2.50. The maximum atomic E-state index is 10.6. The van der Waals surface area contributed by atoms with E-state index in [9.17, 15) is 10.0 Å². The first kappa shape index (κ1) is 9.46. The molecule has 6 nitrogen and oxygen atoms in total. The van der Waals surface area contributed by atoms with Crippen molar-refractivity contribution in [1.29, 1.82) is 0 Å². The van der Waals surface area contributed by atoms with Crippen LogP contribution in [0.15, 0.2) is 23.1 Å². The van der Waals surface area contributed by atoms with Gasteiger partial charge in [0.15, 0.2) is 0 Å². The third-order valence-electron chi connectivity index (χ3n) is 1.41. The van der Waals surface area contributed by atoms with Crippen LogP contribution in [0.4, 0.5) is 5.88 Å². The summed E-state index contributed by atoms with van der Waals surface area (Å²) in [5, 5.41) is 17.6. The minimum Gasteiger partial charge on any atom is -0.592 e. The number of amides is 1. The van der Waals surface area contributed by atoms with Gasteiger partial charge in [-0.25, -0.2) is 5.21 Å². The topological polar surface area (TPSA) is 104 Å². The van der Waals surface area contributed by atoms with E-state index < -0.39 is 11.1 Å². The molecule has 1 rings (SSSR count). The van der Waals surface area contributed by atoms with Gasteiger partial charge in [0.25, 0.3) is 5.91 Å². The molecule has 1 amide bonds. The monoisotopic (exact) mass is 184 g/mol. The van der Waals surface area contributed by atoms with E-state index >= 15 is 0 Å². The van der Waals surface area contributed by atoms with Gasteiger partial charge in [-0.1, -0.05) is 6.58 Å². The molecule has 0 bridgehead atoms. The Kier molecular flexibility index (Phi) is 2.47. The van der Waals surface area contributed by atoms with Crippen LogP contribution in [-0.4, -0.2) is 11.1 Å². The van der Waals surface area contributed by atoms with E-state index in [1.807, 2.05) is 0 Å². The number of hydrogen-bond donors (Lipinski definition) is 3. The predicted octanol–water partition coefficient (Wildman–Crippen LogP) is -0.819. The highest BCUT2D eigenvalue weighted by atomic mass is 16.8. The Morgan fingerprint density at radius 2 is 2.31 bits per heavy atom. The molecule has 1 unspecified atom stereocenters. The molecular weight excluding hydrogens is 176 g/mol. The lowest BCUT2D eigenvalue weighted by Gasteiger charge is -2.06. The molecule has 0 saturated carbocycles. The number of furan rings is 1. The van der Waals surface area contributed by atoms with Crippen molar-refractivity contribution in [3.8, 4) is 0 Å². The highest BCUT2D eigenvalue weighted by molar-refractivity contribution is 6.16. The van der Waals surface area contributed by atoms with Crippen LogP contribution in [0.2, 0.25) is 0 Å². The average molecular weight is 184 g/mol. The zero-order valence-corrected chi connectivity index (χ0v) is 6.61. The van der Waals surface area contributed by atoms with E-state index in [2.05, 4.69) is 6.58 Å². The summed E-state index contributed by atoms with van der Waals surface area (Å²) in [4.78, 5) is 10.6. The summed E-state index contributed by atoms with van der Waals surface area (Å²) in [5.74, 6) is -0.923. The molecule has 1 atom stereocenters. The minimum atomic E-state index is -1.21. The second-order valence-electron chi connectivity index (χ2n) is 2.31. The van der Waals surface area contributed by atoms with Crippen molar-refractivity contribution in [2.24, 2.45) is 5.73 Å². The number of quaternary nitrogens is 1. The molecule has 0 aliphatic rings. The number of carbonyl (C=O) groups is 1. The van der Waals surface area contributed by atoms with Gasteiger partial charge >= 0.3 is 5.88 Å². The summed E-state index contributed by atoms with van der Waals surface area (Å²) in [5.41, 5.74) is 4.86. The highest BCUT2D eigenvalue weighted by Crippen LogP contribution is 2.16. The first-order valence-corrected chi connectivity index (χ1v) is 3.34. The fraction of sp³-hybridized carbons (Fsp3) is 0. The van der Waals surface area contributed by atoms with Gasteiger partial charge in [0, 0.05) is 6.07 Å². The molecule has 1 heterocycles. The van der Waals surface area contributed by atoms with Crippen molar-refractivity contribution >= 4 is 17.4 Å². The first-order chi connectivity index (χ1) is 6.02. The molecule has 70 valence electrons.